The average molecular weight is 390 g/mol. The first-order valence-corrected chi connectivity index (χ1v) is 9.61. The molecule has 0 fully saturated rings. The Morgan fingerprint density at radius 2 is 1.96 bits per heavy atom. The number of benzene rings is 2. The predicted molar refractivity (Wildman–Crippen MR) is 99.7 cm³/mol. The summed E-state index contributed by atoms with van der Waals surface area (Å²) in [6, 6.07) is 16.7. The zero-order valence-corrected chi connectivity index (χ0v) is 15.5. The SMILES string of the molecule is C[C@H](Sc1ccc(Br)cc1)C(=O)N[C@@H]1CCCc2ccccc21. The van der Waals surface area contributed by atoms with Crippen LogP contribution in [0.25, 0.3) is 0 Å². The van der Waals surface area contributed by atoms with E-state index in [0.717, 1.165) is 28.6 Å². The van der Waals surface area contributed by atoms with Gasteiger partial charge >= 0.3 is 0 Å². The van der Waals surface area contributed by atoms with Crippen molar-refractivity contribution in [3.8, 4) is 0 Å². The highest BCUT2D eigenvalue weighted by Gasteiger charge is 2.23. The molecule has 0 aliphatic heterocycles. The fourth-order valence-corrected chi connectivity index (χ4v) is 4.10. The van der Waals surface area contributed by atoms with Gasteiger partial charge in [0.2, 0.25) is 5.91 Å². The van der Waals surface area contributed by atoms with E-state index in [2.05, 4.69) is 45.5 Å². The number of carbonyl (C=O) groups is 1. The minimum atomic E-state index is -0.106. The molecule has 1 aliphatic carbocycles. The van der Waals surface area contributed by atoms with Gasteiger partial charge in [-0.15, -0.1) is 11.8 Å². The molecule has 3 rings (SSSR count). The highest BCUT2D eigenvalue weighted by Crippen LogP contribution is 2.31. The molecule has 0 spiro atoms. The van der Waals surface area contributed by atoms with Crippen molar-refractivity contribution in [1.82, 2.24) is 5.32 Å². The lowest BCUT2D eigenvalue weighted by Crippen LogP contribution is -2.35. The van der Waals surface area contributed by atoms with E-state index in [4.69, 9.17) is 0 Å². The number of amides is 1. The quantitative estimate of drug-likeness (QED) is 0.734. The Morgan fingerprint density at radius 3 is 2.74 bits per heavy atom. The second-order valence-corrected chi connectivity index (χ2v) is 8.20. The summed E-state index contributed by atoms with van der Waals surface area (Å²) >= 11 is 5.03. The number of nitrogens with one attached hydrogen (secondary N) is 1. The van der Waals surface area contributed by atoms with Crippen LogP contribution in [0.3, 0.4) is 0 Å². The number of hydrogen-bond acceptors (Lipinski definition) is 2. The molecule has 1 amide bonds. The maximum Gasteiger partial charge on any atom is 0.233 e. The monoisotopic (exact) mass is 389 g/mol. The molecule has 4 heteroatoms. The lowest BCUT2D eigenvalue weighted by molar-refractivity contribution is -0.121. The van der Waals surface area contributed by atoms with Crippen LogP contribution in [0.1, 0.15) is 36.9 Å². The second-order valence-electron chi connectivity index (χ2n) is 5.87. The van der Waals surface area contributed by atoms with E-state index in [-0.39, 0.29) is 17.2 Å². The Labute approximate surface area is 150 Å². The predicted octanol–water partition coefficient (Wildman–Crippen LogP) is 5.12. The Hall–Kier alpha value is -1.26. The Morgan fingerprint density at radius 1 is 1.22 bits per heavy atom. The highest BCUT2D eigenvalue weighted by molar-refractivity contribution is 9.10. The molecule has 0 aromatic heterocycles. The maximum absolute atomic E-state index is 12.6. The number of carbonyl (C=O) groups excluding carboxylic acids is 1. The van der Waals surface area contributed by atoms with Crippen LogP contribution in [0.15, 0.2) is 57.9 Å². The summed E-state index contributed by atoms with van der Waals surface area (Å²) in [4.78, 5) is 13.7. The van der Waals surface area contributed by atoms with Crippen LogP contribution in [-0.2, 0) is 11.2 Å². The molecule has 1 aliphatic rings. The van der Waals surface area contributed by atoms with Crippen LogP contribution in [-0.4, -0.2) is 11.2 Å². The summed E-state index contributed by atoms with van der Waals surface area (Å²) < 4.78 is 1.05. The zero-order chi connectivity index (χ0) is 16.2. The minimum Gasteiger partial charge on any atom is -0.348 e. The fraction of sp³-hybridized carbons (Fsp3) is 0.316. The molecular weight excluding hydrogens is 370 g/mol. The Balaban J connectivity index is 1.64. The minimum absolute atomic E-state index is 0.106. The number of aryl methyl sites for hydroxylation is 1. The van der Waals surface area contributed by atoms with Crippen molar-refractivity contribution in [1.29, 1.82) is 0 Å². The molecule has 0 heterocycles. The molecule has 0 unspecified atom stereocenters. The molecule has 2 nitrogen and oxygen atoms in total. The van der Waals surface area contributed by atoms with Crippen molar-refractivity contribution < 1.29 is 4.79 Å². The van der Waals surface area contributed by atoms with Crippen molar-refractivity contribution in [2.24, 2.45) is 0 Å². The van der Waals surface area contributed by atoms with E-state index in [0.29, 0.717) is 0 Å². The van der Waals surface area contributed by atoms with Gasteiger partial charge in [0.1, 0.15) is 0 Å². The van der Waals surface area contributed by atoms with Gasteiger partial charge in [0.25, 0.3) is 0 Å². The number of rotatable bonds is 4. The van der Waals surface area contributed by atoms with Crippen LogP contribution >= 0.6 is 27.7 Å². The second kappa shape index (κ2) is 7.54. The number of halogens is 1. The van der Waals surface area contributed by atoms with Gasteiger partial charge < -0.3 is 5.32 Å². The van der Waals surface area contributed by atoms with Gasteiger partial charge in [-0.25, -0.2) is 0 Å². The normalized spacial score (nSPS) is 18.1. The summed E-state index contributed by atoms with van der Waals surface area (Å²) in [5, 5.41) is 3.13. The van der Waals surface area contributed by atoms with Crippen molar-refractivity contribution in [3.05, 3.63) is 64.1 Å². The summed E-state index contributed by atoms with van der Waals surface area (Å²) in [7, 11) is 0. The highest BCUT2D eigenvalue weighted by atomic mass is 79.9. The van der Waals surface area contributed by atoms with Crippen LogP contribution < -0.4 is 5.32 Å². The van der Waals surface area contributed by atoms with E-state index < -0.39 is 0 Å². The maximum atomic E-state index is 12.6. The van der Waals surface area contributed by atoms with Crippen molar-refractivity contribution in [2.45, 2.75) is 42.4 Å². The van der Waals surface area contributed by atoms with Crippen molar-refractivity contribution in [2.75, 3.05) is 0 Å². The molecule has 0 radical (unpaired) electrons. The zero-order valence-electron chi connectivity index (χ0n) is 13.1. The first kappa shape index (κ1) is 16.6. The van der Waals surface area contributed by atoms with Gasteiger partial charge in [0, 0.05) is 9.37 Å². The Kier molecular flexibility index (Phi) is 5.44. The molecule has 0 saturated heterocycles. The van der Waals surface area contributed by atoms with Gasteiger partial charge in [-0.2, -0.15) is 0 Å². The molecule has 120 valence electrons. The third-order valence-electron chi connectivity index (χ3n) is 4.18. The van der Waals surface area contributed by atoms with Gasteiger partial charge in [-0.05, 0) is 61.6 Å². The van der Waals surface area contributed by atoms with E-state index >= 15 is 0 Å². The van der Waals surface area contributed by atoms with Crippen molar-refractivity contribution in [3.63, 3.8) is 0 Å². The topological polar surface area (TPSA) is 29.1 Å². The number of thioether (sulfide) groups is 1. The molecule has 0 bridgehead atoms. The molecule has 23 heavy (non-hydrogen) atoms. The molecule has 2 aromatic carbocycles. The van der Waals surface area contributed by atoms with E-state index in [1.54, 1.807) is 11.8 Å². The molecule has 1 N–H and O–H groups in total. The van der Waals surface area contributed by atoms with Crippen LogP contribution in [0.4, 0.5) is 0 Å². The van der Waals surface area contributed by atoms with Crippen LogP contribution in [0.5, 0.6) is 0 Å². The van der Waals surface area contributed by atoms with Crippen LogP contribution in [0, 0.1) is 0 Å². The third-order valence-corrected chi connectivity index (χ3v) is 5.82. The summed E-state index contributed by atoms with van der Waals surface area (Å²) in [6.45, 7) is 1.97. The largest absolute Gasteiger partial charge is 0.348 e. The third kappa shape index (κ3) is 4.18. The van der Waals surface area contributed by atoms with Crippen LogP contribution in [0.2, 0.25) is 0 Å². The van der Waals surface area contributed by atoms with Gasteiger partial charge in [-0.3, -0.25) is 4.79 Å². The van der Waals surface area contributed by atoms with E-state index in [1.165, 1.54) is 11.1 Å². The lowest BCUT2D eigenvalue weighted by atomic mass is 9.88. The lowest BCUT2D eigenvalue weighted by Gasteiger charge is -2.27. The molecule has 0 saturated carbocycles. The average Bonchev–Trinajstić information content (AvgIpc) is 2.57. The molecule has 2 atom stereocenters. The number of fused-ring (bicyclic) bond motifs is 1. The summed E-state index contributed by atoms with van der Waals surface area (Å²) in [5.41, 5.74) is 2.66. The number of hydrogen-bond donors (Lipinski definition) is 1. The Bertz CT molecular complexity index is 686. The molecular formula is C19H20BrNOS. The van der Waals surface area contributed by atoms with E-state index in [9.17, 15) is 4.79 Å². The standard InChI is InChI=1S/C19H20BrNOS/c1-13(23-16-11-9-15(20)10-12-16)19(22)21-18-8-4-6-14-5-2-3-7-17(14)18/h2-3,5,7,9-13,18H,4,6,8H2,1H3,(H,21,22)/t13-,18+/m0/s1. The summed E-state index contributed by atoms with van der Waals surface area (Å²) in [6.07, 6.45) is 3.28. The smallest absolute Gasteiger partial charge is 0.233 e. The summed E-state index contributed by atoms with van der Waals surface area (Å²) in [5.74, 6) is 0.111. The van der Waals surface area contributed by atoms with E-state index in [1.807, 2.05) is 31.2 Å². The first-order chi connectivity index (χ1) is 11.1. The van der Waals surface area contributed by atoms with Gasteiger partial charge in [0.15, 0.2) is 0 Å². The fourth-order valence-electron chi connectivity index (χ4n) is 2.96. The van der Waals surface area contributed by atoms with Gasteiger partial charge in [0.05, 0.1) is 11.3 Å². The van der Waals surface area contributed by atoms with Crippen molar-refractivity contribution >= 4 is 33.6 Å². The first-order valence-electron chi connectivity index (χ1n) is 7.94. The van der Waals surface area contributed by atoms with Gasteiger partial charge in [-0.1, -0.05) is 40.2 Å². The molecule has 2 aromatic rings.